The second kappa shape index (κ2) is 16.0. The number of rotatable bonds is 6. The first-order valence-electron chi connectivity index (χ1n) is 10.7. The Morgan fingerprint density at radius 1 is 1.16 bits per heavy atom. The van der Waals surface area contributed by atoms with Gasteiger partial charge < -0.3 is 18.9 Å². The van der Waals surface area contributed by atoms with Crippen LogP contribution in [0.1, 0.15) is 59.3 Å². The summed E-state index contributed by atoms with van der Waals surface area (Å²) in [5.41, 5.74) is -5.65. The molecule has 0 spiro atoms. The van der Waals surface area contributed by atoms with Crippen molar-refractivity contribution >= 4 is 16.1 Å². The quantitative estimate of drug-likeness (QED) is 0.263. The summed E-state index contributed by atoms with van der Waals surface area (Å²) in [6.45, 7) is 11.4. The van der Waals surface area contributed by atoms with Gasteiger partial charge in [-0.25, -0.2) is 17.6 Å². The number of likely N-dealkylation sites (tertiary alicyclic amines) is 1. The van der Waals surface area contributed by atoms with Crippen molar-refractivity contribution in [2.24, 2.45) is 7.05 Å². The number of imidazole rings is 1. The third kappa shape index (κ3) is 17.0. The van der Waals surface area contributed by atoms with Crippen LogP contribution in [0.25, 0.3) is 0 Å². The Morgan fingerprint density at radius 2 is 1.62 bits per heavy atom. The molecule has 1 aromatic rings. The average Bonchev–Trinajstić information content (AvgIpc) is 3.28. The third-order valence-electron chi connectivity index (χ3n) is 4.58. The molecular formula is C20H38F3N3O5S. The van der Waals surface area contributed by atoms with E-state index in [0.29, 0.717) is 0 Å². The molecule has 1 fully saturated rings. The van der Waals surface area contributed by atoms with Crippen molar-refractivity contribution in [1.29, 1.82) is 0 Å². The van der Waals surface area contributed by atoms with Crippen molar-refractivity contribution in [3.05, 3.63) is 18.7 Å². The number of carbonyl (C=O) groups excluding carboxylic acids is 1. The van der Waals surface area contributed by atoms with Crippen LogP contribution in [0.2, 0.25) is 0 Å². The van der Waals surface area contributed by atoms with Crippen LogP contribution in [0.5, 0.6) is 0 Å². The standard InChI is InChI=1S/C8H15N2.C8H18N.C3H6O2.CHF3O3S/c1-3-4-5-10-7-6-9(2)8-10;1-3-6-9(2)7-4-5-8-9;1-2-3(4)5;2-1(3,4)8(5,6)7/h6-8H,3-5H2,1-2H3;3-8H2,1-2H3;2H2,1H3,(H,4,5);(H,5,6,7)/q2*+1;;/p-2. The van der Waals surface area contributed by atoms with Crippen LogP contribution in [0.4, 0.5) is 13.2 Å². The third-order valence-corrected chi connectivity index (χ3v) is 5.14. The Balaban J connectivity index is 0. The van der Waals surface area contributed by atoms with Crippen molar-refractivity contribution < 1.29 is 45.1 Å². The first-order chi connectivity index (χ1) is 14.6. The van der Waals surface area contributed by atoms with Gasteiger partial charge in [0.1, 0.15) is 12.4 Å². The molecule has 0 N–H and O–H groups in total. The van der Waals surface area contributed by atoms with Gasteiger partial charge in [-0.1, -0.05) is 27.2 Å². The average molecular weight is 490 g/mol. The maximum absolute atomic E-state index is 10.7. The minimum Gasteiger partial charge on any atom is -0.741 e. The molecule has 2 rings (SSSR count). The fourth-order valence-corrected chi connectivity index (χ4v) is 2.84. The van der Waals surface area contributed by atoms with Crippen LogP contribution < -0.4 is 9.67 Å². The molecule has 0 aromatic carbocycles. The van der Waals surface area contributed by atoms with Gasteiger partial charge in [0.2, 0.25) is 6.33 Å². The predicted octanol–water partition coefficient (Wildman–Crippen LogP) is 1.95. The van der Waals surface area contributed by atoms with E-state index in [-0.39, 0.29) is 6.42 Å². The Morgan fingerprint density at radius 3 is 1.91 bits per heavy atom. The number of hydrogen-bond donors (Lipinski definition) is 0. The number of nitrogens with zero attached hydrogens (tertiary/aromatic N) is 3. The normalized spacial score (nSPS) is 14.8. The lowest BCUT2D eigenvalue weighted by atomic mass is 10.3. The lowest BCUT2D eigenvalue weighted by molar-refractivity contribution is -0.897. The van der Waals surface area contributed by atoms with E-state index in [1.54, 1.807) is 0 Å². The Labute approximate surface area is 190 Å². The largest absolute Gasteiger partial charge is 0.741 e. The summed E-state index contributed by atoms with van der Waals surface area (Å²) in [7, 11) is -1.66. The molecule has 0 unspecified atom stereocenters. The fourth-order valence-electron chi connectivity index (χ4n) is 2.84. The number of carboxylic acid groups (broad SMARTS) is 1. The van der Waals surface area contributed by atoms with Crippen molar-refractivity contribution in [2.45, 2.75) is 71.3 Å². The number of carbonyl (C=O) groups is 1. The van der Waals surface area contributed by atoms with Crippen molar-refractivity contribution in [1.82, 2.24) is 4.57 Å². The van der Waals surface area contributed by atoms with E-state index in [9.17, 15) is 23.1 Å². The summed E-state index contributed by atoms with van der Waals surface area (Å²) < 4.78 is 64.5. The lowest BCUT2D eigenvalue weighted by Gasteiger charge is -2.28. The van der Waals surface area contributed by atoms with Crippen molar-refractivity contribution in [3.8, 4) is 0 Å². The van der Waals surface area contributed by atoms with Gasteiger partial charge in [0.05, 0.1) is 40.3 Å². The number of unbranched alkanes of at least 4 members (excludes halogenated alkanes) is 1. The second-order valence-electron chi connectivity index (χ2n) is 7.79. The minimum absolute atomic E-state index is 0.111. The molecular weight excluding hydrogens is 451 g/mol. The van der Waals surface area contributed by atoms with E-state index in [2.05, 4.69) is 48.8 Å². The van der Waals surface area contributed by atoms with E-state index >= 15 is 0 Å². The predicted molar refractivity (Wildman–Crippen MR) is 112 cm³/mol. The number of quaternary nitrogens is 1. The van der Waals surface area contributed by atoms with Gasteiger partial charge >= 0.3 is 5.51 Å². The molecule has 0 aliphatic carbocycles. The van der Waals surface area contributed by atoms with Gasteiger partial charge in [0.25, 0.3) is 0 Å². The van der Waals surface area contributed by atoms with E-state index in [0.717, 1.165) is 6.54 Å². The first kappa shape index (κ1) is 32.5. The number of hydrogen-bond acceptors (Lipinski definition) is 5. The van der Waals surface area contributed by atoms with Crippen LogP contribution in [-0.2, 0) is 28.5 Å². The van der Waals surface area contributed by atoms with Gasteiger partial charge in [-0.15, -0.1) is 0 Å². The molecule has 0 atom stereocenters. The monoisotopic (exact) mass is 489 g/mol. The summed E-state index contributed by atoms with van der Waals surface area (Å²) in [6.07, 6.45) is 13.2. The highest BCUT2D eigenvalue weighted by molar-refractivity contribution is 7.86. The highest BCUT2D eigenvalue weighted by atomic mass is 32.2. The highest BCUT2D eigenvalue weighted by Crippen LogP contribution is 2.20. The molecule has 0 bridgehead atoms. The van der Waals surface area contributed by atoms with Crippen molar-refractivity contribution in [2.75, 3.05) is 26.7 Å². The van der Waals surface area contributed by atoms with Gasteiger partial charge in [0.15, 0.2) is 10.1 Å². The number of carboxylic acids is 1. The van der Waals surface area contributed by atoms with Gasteiger partial charge in [-0.2, -0.15) is 13.2 Å². The Hall–Kier alpha value is -1.66. The van der Waals surface area contributed by atoms with Gasteiger partial charge in [0, 0.05) is 18.8 Å². The molecule has 0 amide bonds. The van der Waals surface area contributed by atoms with Crippen LogP contribution >= 0.6 is 0 Å². The molecule has 2 heterocycles. The van der Waals surface area contributed by atoms with Crippen molar-refractivity contribution in [3.63, 3.8) is 0 Å². The Kier molecular flexibility index (Phi) is 16.3. The molecule has 0 radical (unpaired) electrons. The zero-order chi connectivity index (χ0) is 25.4. The highest BCUT2D eigenvalue weighted by Gasteiger charge is 2.36. The summed E-state index contributed by atoms with van der Waals surface area (Å²) >= 11 is 0. The number of aryl methyl sites for hydroxylation is 2. The number of alkyl halides is 3. The number of aliphatic carboxylic acids is 1. The van der Waals surface area contributed by atoms with E-state index in [4.69, 9.17) is 13.0 Å². The number of halogens is 3. The fraction of sp³-hybridized carbons (Fsp3) is 0.800. The summed E-state index contributed by atoms with van der Waals surface area (Å²) in [4.78, 5) is 9.26. The molecule has 12 heteroatoms. The molecule has 0 saturated carbocycles. The second-order valence-corrected chi connectivity index (χ2v) is 9.16. The molecule has 1 aliphatic rings. The molecule has 190 valence electrons. The molecule has 1 saturated heterocycles. The van der Waals surface area contributed by atoms with E-state index in [1.165, 1.54) is 63.1 Å². The molecule has 1 aliphatic heterocycles. The Bertz CT molecular complexity index is 731. The molecule has 1 aromatic heterocycles. The van der Waals surface area contributed by atoms with Crippen LogP contribution in [0, 0.1) is 0 Å². The zero-order valence-electron chi connectivity index (χ0n) is 19.7. The number of aromatic nitrogens is 2. The van der Waals surface area contributed by atoms with Gasteiger partial charge in [-0.3, -0.25) is 0 Å². The minimum atomic E-state index is -6.09. The molecule has 8 nitrogen and oxygen atoms in total. The van der Waals surface area contributed by atoms with E-state index < -0.39 is 21.6 Å². The van der Waals surface area contributed by atoms with Crippen LogP contribution in [0.15, 0.2) is 18.7 Å². The maximum atomic E-state index is 10.7. The summed E-state index contributed by atoms with van der Waals surface area (Å²) in [5.74, 6) is -0.995. The van der Waals surface area contributed by atoms with E-state index in [1.807, 2.05) is 7.05 Å². The lowest BCUT2D eigenvalue weighted by Crippen LogP contribution is -2.41. The zero-order valence-corrected chi connectivity index (χ0v) is 20.5. The first-order valence-corrected chi connectivity index (χ1v) is 12.1. The maximum Gasteiger partial charge on any atom is 0.485 e. The van der Waals surface area contributed by atoms with Crippen LogP contribution in [0.3, 0.4) is 0 Å². The summed E-state index contributed by atoms with van der Waals surface area (Å²) in [6, 6.07) is 0. The molecule has 32 heavy (non-hydrogen) atoms. The van der Waals surface area contributed by atoms with Crippen LogP contribution in [-0.4, -0.2) is 60.2 Å². The SMILES string of the molecule is CCC(=O)[O-].CCCCn1cc[n+](C)c1.CCC[N+]1(C)CCCC1.O=S(=O)([O-])C(F)(F)F. The van der Waals surface area contributed by atoms with Gasteiger partial charge in [-0.05, 0) is 19.3 Å². The topological polar surface area (TPSA) is 106 Å². The smallest absolute Gasteiger partial charge is 0.485 e. The summed E-state index contributed by atoms with van der Waals surface area (Å²) in [5, 5.41) is 9.26.